The lowest BCUT2D eigenvalue weighted by Gasteiger charge is -2.08. The zero-order valence-corrected chi connectivity index (χ0v) is 13.7. The van der Waals surface area contributed by atoms with Crippen molar-refractivity contribution in [3.05, 3.63) is 78.1 Å². The van der Waals surface area contributed by atoms with Crippen molar-refractivity contribution in [2.75, 3.05) is 10.6 Å². The molecule has 2 N–H and O–H groups in total. The standard InChI is InChI=1S/C18H18N4S/c1-14-7-9-15(10-8-14)12-22-13-17(11-19-22)21-18(23)20-16-5-3-2-4-6-16/h2-11,13H,12H2,1H3,(H2,20,21,23). The van der Waals surface area contributed by atoms with E-state index in [9.17, 15) is 0 Å². The van der Waals surface area contributed by atoms with Gasteiger partial charge in [-0.3, -0.25) is 4.68 Å². The van der Waals surface area contributed by atoms with Crippen molar-refractivity contribution in [1.82, 2.24) is 9.78 Å². The molecule has 0 aliphatic rings. The minimum Gasteiger partial charge on any atom is -0.332 e. The molecular weight excluding hydrogens is 304 g/mol. The van der Waals surface area contributed by atoms with E-state index in [0.717, 1.165) is 17.9 Å². The fraction of sp³-hybridized carbons (Fsp3) is 0.111. The van der Waals surface area contributed by atoms with Crippen molar-refractivity contribution in [2.24, 2.45) is 0 Å². The van der Waals surface area contributed by atoms with E-state index >= 15 is 0 Å². The number of aryl methyl sites for hydroxylation is 1. The van der Waals surface area contributed by atoms with E-state index in [-0.39, 0.29) is 0 Å². The first kappa shape index (κ1) is 15.2. The summed E-state index contributed by atoms with van der Waals surface area (Å²) >= 11 is 5.31. The number of benzene rings is 2. The molecule has 0 atom stereocenters. The Morgan fingerprint density at radius 2 is 1.70 bits per heavy atom. The SMILES string of the molecule is Cc1ccc(Cn2cc(NC(=S)Nc3ccccc3)cn2)cc1. The van der Waals surface area contributed by atoms with Crippen molar-refractivity contribution in [1.29, 1.82) is 0 Å². The summed E-state index contributed by atoms with van der Waals surface area (Å²) in [6.45, 7) is 2.82. The number of aromatic nitrogens is 2. The summed E-state index contributed by atoms with van der Waals surface area (Å²) in [4.78, 5) is 0. The Bertz CT molecular complexity index is 778. The molecular formula is C18H18N4S. The maximum atomic E-state index is 5.31. The summed E-state index contributed by atoms with van der Waals surface area (Å²) in [6, 6.07) is 18.3. The van der Waals surface area contributed by atoms with Gasteiger partial charge in [0, 0.05) is 11.9 Å². The van der Waals surface area contributed by atoms with E-state index in [0.29, 0.717) is 5.11 Å². The molecule has 0 amide bonds. The Morgan fingerprint density at radius 3 is 2.43 bits per heavy atom. The second-order valence-corrected chi connectivity index (χ2v) is 5.77. The molecule has 0 bridgehead atoms. The molecule has 0 radical (unpaired) electrons. The highest BCUT2D eigenvalue weighted by Crippen LogP contribution is 2.11. The minimum absolute atomic E-state index is 0.547. The highest BCUT2D eigenvalue weighted by molar-refractivity contribution is 7.80. The second-order valence-electron chi connectivity index (χ2n) is 5.36. The van der Waals surface area contributed by atoms with E-state index in [1.54, 1.807) is 6.20 Å². The molecule has 0 unspecified atom stereocenters. The van der Waals surface area contributed by atoms with Gasteiger partial charge in [0.25, 0.3) is 0 Å². The molecule has 1 aromatic heterocycles. The van der Waals surface area contributed by atoms with Crippen molar-refractivity contribution in [2.45, 2.75) is 13.5 Å². The topological polar surface area (TPSA) is 41.9 Å². The van der Waals surface area contributed by atoms with Crippen LogP contribution in [-0.4, -0.2) is 14.9 Å². The van der Waals surface area contributed by atoms with Gasteiger partial charge >= 0.3 is 0 Å². The lowest BCUT2D eigenvalue weighted by Crippen LogP contribution is -2.18. The summed E-state index contributed by atoms with van der Waals surface area (Å²) in [5, 5.41) is 11.2. The van der Waals surface area contributed by atoms with Gasteiger partial charge < -0.3 is 10.6 Å². The van der Waals surface area contributed by atoms with Gasteiger partial charge in [-0.1, -0.05) is 48.0 Å². The monoisotopic (exact) mass is 322 g/mol. The maximum absolute atomic E-state index is 5.31. The molecule has 3 rings (SSSR count). The van der Waals surface area contributed by atoms with Crippen LogP contribution in [0.2, 0.25) is 0 Å². The average Bonchev–Trinajstić information content (AvgIpc) is 2.97. The molecule has 5 heteroatoms. The van der Waals surface area contributed by atoms with E-state index in [4.69, 9.17) is 12.2 Å². The first-order valence-corrected chi connectivity index (χ1v) is 7.81. The lowest BCUT2D eigenvalue weighted by molar-refractivity contribution is 0.687. The minimum atomic E-state index is 0.547. The Morgan fingerprint density at radius 1 is 1.00 bits per heavy atom. The van der Waals surface area contributed by atoms with Crippen LogP contribution in [0.4, 0.5) is 11.4 Å². The summed E-state index contributed by atoms with van der Waals surface area (Å²) in [7, 11) is 0. The molecule has 4 nitrogen and oxygen atoms in total. The number of nitrogens with zero attached hydrogens (tertiary/aromatic N) is 2. The van der Waals surface area contributed by atoms with Crippen LogP contribution in [0.25, 0.3) is 0 Å². The van der Waals surface area contributed by atoms with Crippen LogP contribution < -0.4 is 10.6 Å². The third-order valence-corrected chi connectivity index (χ3v) is 3.59. The van der Waals surface area contributed by atoms with Gasteiger partial charge in [-0.2, -0.15) is 5.10 Å². The van der Waals surface area contributed by atoms with E-state index in [2.05, 4.69) is 46.9 Å². The Hall–Kier alpha value is -2.66. The molecule has 0 fully saturated rings. The van der Waals surface area contributed by atoms with E-state index < -0.39 is 0 Å². The molecule has 23 heavy (non-hydrogen) atoms. The summed E-state index contributed by atoms with van der Waals surface area (Å²) < 4.78 is 1.89. The smallest absolute Gasteiger partial charge is 0.175 e. The fourth-order valence-electron chi connectivity index (χ4n) is 2.21. The molecule has 0 saturated carbocycles. The van der Waals surface area contributed by atoms with Crippen molar-refractivity contribution in [3.63, 3.8) is 0 Å². The van der Waals surface area contributed by atoms with Crippen molar-refractivity contribution >= 4 is 28.7 Å². The number of thiocarbonyl (C=S) groups is 1. The quantitative estimate of drug-likeness (QED) is 0.711. The van der Waals surface area contributed by atoms with Crippen LogP contribution in [0.3, 0.4) is 0 Å². The number of nitrogens with one attached hydrogen (secondary N) is 2. The normalized spacial score (nSPS) is 10.3. The first-order valence-electron chi connectivity index (χ1n) is 7.40. The molecule has 3 aromatic rings. The molecule has 0 aliphatic heterocycles. The first-order chi connectivity index (χ1) is 11.2. The second kappa shape index (κ2) is 7.07. The zero-order chi connectivity index (χ0) is 16.1. The van der Waals surface area contributed by atoms with Crippen molar-refractivity contribution < 1.29 is 0 Å². The number of para-hydroxylation sites is 1. The third-order valence-electron chi connectivity index (χ3n) is 3.39. The van der Waals surface area contributed by atoms with Gasteiger partial charge in [-0.05, 0) is 36.8 Å². The Kier molecular flexibility index (Phi) is 4.68. The highest BCUT2D eigenvalue weighted by Gasteiger charge is 2.02. The van der Waals surface area contributed by atoms with Crippen LogP contribution in [0.15, 0.2) is 67.0 Å². The Balaban J connectivity index is 1.58. The van der Waals surface area contributed by atoms with Crippen LogP contribution in [0.5, 0.6) is 0 Å². The number of hydrogen-bond donors (Lipinski definition) is 2. The maximum Gasteiger partial charge on any atom is 0.175 e. The van der Waals surface area contributed by atoms with Gasteiger partial charge in [-0.15, -0.1) is 0 Å². The molecule has 0 saturated heterocycles. The average molecular weight is 322 g/mol. The van der Waals surface area contributed by atoms with E-state index in [1.165, 1.54) is 11.1 Å². The molecule has 1 heterocycles. The predicted molar refractivity (Wildman–Crippen MR) is 98.8 cm³/mol. The fourth-order valence-corrected chi connectivity index (χ4v) is 2.45. The summed E-state index contributed by atoms with van der Waals surface area (Å²) in [5.41, 5.74) is 4.30. The van der Waals surface area contributed by atoms with Gasteiger partial charge in [0.15, 0.2) is 5.11 Å². The lowest BCUT2D eigenvalue weighted by atomic mass is 10.1. The predicted octanol–water partition coefficient (Wildman–Crippen LogP) is 4.05. The number of anilines is 2. The van der Waals surface area contributed by atoms with Crippen LogP contribution in [0, 0.1) is 6.92 Å². The largest absolute Gasteiger partial charge is 0.332 e. The molecule has 0 aliphatic carbocycles. The highest BCUT2D eigenvalue weighted by atomic mass is 32.1. The Labute approximate surface area is 141 Å². The van der Waals surface area contributed by atoms with Gasteiger partial charge in [0.05, 0.1) is 18.4 Å². The van der Waals surface area contributed by atoms with Gasteiger partial charge in [-0.25, -0.2) is 0 Å². The van der Waals surface area contributed by atoms with Gasteiger partial charge in [0.1, 0.15) is 0 Å². The number of rotatable bonds is 4. The number of hydrogen-bond acceptors (Lipinski definition) is 2. The van der Waals surface area contributed by atoms with E-state index in [1.807, 2.05) is 41.2 Å². The zero-order valence-electron chi connectivity index (χ0n) is 12.9. The molecule has 0 spiro atoms. The third kappa shape index (κ3) is 4.40. The van der Waals surface area contributed by atoms with Crippen LogP contribution in [0.1, 0.15) is 11.1 Å². The molecule has 116 valence electrons. The van der Waals surface area contributed by atoms with Crippen LogP contribution >= 0.6 is 12.2 Å². The summed E-state index contributed by atoms with van der Waals surface area (Å²) in [5.74, 6) is 0. The van der Waals surface area contributed by atoms with Crippen molar-refractivity contribution in [3.8, 4) is 0 Å². The van der Waals surface area contributed by atoms with Gasteiger partial charge in [0.2, 0.25) is 0 Å². The summed E-state index contributed by atoms with van der Waals surface area (Å²) in [6.07, 6.45) is 3.71. The molecule has 2 aromatic carbocycles. The van der Waals surface area contributed by atoms with Crippen LogP contribution in [-0.2, 0) is 6.54 Å².